The van der Waals surface area contributed by atoms with Crippen molar-refractivity contribution in [1.82, 2.24) is 4.98 Å². The van der Waals surface area contributed by atoms with Crippen LogP contribution in [0.15, 0.2) is 79.0 Å². The number of nitrogens with zero attached hydrogens (tertiary/aromatic N) is 1. The van der Waals surface area contributed by atoms with Crippen LogP contribution < -0.4 is 19.9 Å². The summed E-state index contributed by atoms with van der Waals surface area (Å²) in [4.78, 5) is 16.7. The lowest BCUT2D eigenvalue weighted by Gasteiger charge is -2.14. The Balaban J connectivity index is 1.61. The summed E-state index contributed by atoms with van der Waals surface area (Å²) in [7, 11) is 3.16. The predicted octanol–water partition coefficient (Wildman–Crippen LogP) is 6.62. The highest BCUT2D eigenvalue weighted by atomic mass is 35.5. The fraction of sp³-hybridized carbons (Fsp3) is 0.0714. The Bertz CT molecular complexity index is 1580. The number of ether oxygens (including phenoxy) is 3. The molecule has 0 bridgehead atoms. The molecule has 0 aliphatic heterocycles. The maximum absolute atomic E-state index is 12.2. The molecule has 0 atom stereocenters. The summed E-state index contributed by atoms with van der Waals surface area (Å²) in [6, 6.07) is 22.2. The van der Waals surface area contributed by atoms with Gasteiger partial charge < -0.3 is 19.9 Å². The Hall–Kier alpha value is -4.29. The summed E-state index contributed by atoms with van der Waals surface area (Å²) >= 11 is 6.04. The van der Waals surface area contributed by atoms with Gasteiger partial charge in [0.05, 0.1) is 19.7 Å². The molecule has 0 saturated heterocycles. The number of aromatic nitrogens is 1. The van der Waals surface area contributed by atoms with E-state index < -0.39 is 5.91 Å². The monoisotopic (exact) mass is 484 g/mol. The molecule has 35 heavy (non-hydrogen) atoms. The van der Waals surface area contributed by atoms with E-state index in [0.717, 1.165) is 27.3 Å². The summed E-state index contributed by atoms with van der Waals surface area (Å²) in [5.41, 5.74) is 8.63. The van der Waals surface area contributed by atoms with E-state index in [1.807, 2.05) is 54.6 Å². The van der Waals surface area contributed by atoms with Crippen LogP contribution in [0.4, 0.5) is 0 Å². The minimum atomic E-state index is -0.499. The molecule has 174 valence electrons. The third-order valence-electron chi connectivity index (χ3n) is 5.80. The van der Waals surface area contributed by atoms with Gasteiger partial charge in [-0.2, -0.15) is 0 Å². The number of pyridine rings is 1. The maximum atomic E-state index is 12.2. The Labute approximate surface area is 206 Å². The highest BCUT2D eigenvalue weighted by molar-refractivity contribution is 6.30. The second-order valence-corrected chi connectivity index (χ2v) is 8.35. The van der Waals surface area contributed by atoms with Crippen LogP contribution in [0.3, 0.4) is 0 Å². The zero-order valence-corrected chi connectivity index (χ0v) is 19.8. The van der Waals surface area contributed by atoms with Crippen molar-refractivity contribution in [2.24, 2.45) is 5.73 Å². The van der Waals surface area contributed by atoms with E-state index >= 15 is 0 Å². The fourth-order valence-electron chi connectivity index (χ4n) is 4.09. The molecular weight excluding hydrogens is 464 g/mol. The van der Waals surface area contributed by atoms with Crippen LogP contribution >= 0.6 is 11.6 Å². The zero-order chi connectivity index (χ0) is 24.5. The lowest BCUT2D eigenvalue weighted by Crippen LogP contribution is -2.11. The van der Waals surface area contributed by atoms with Crippen molar-refractivity contribution < 1.29 is 19.0 Å². The van der Waals surface area contributed by atoms with Gasteiger partial charge in [-0.15, -0.1) is 0 Å². The van der Waals surface area contributed by atoms with E-state index in [2.05, 4.69) is 4.98 Å². The van der Waals surface area contributed by atoms with Crippen molar-refractivity contribution in [2.75, 3.05) is 14.2 Å². The third-order valence-corrected chi connectivity index (χ3v) is 6.05. The number of hydrogen-bond donors (Lipinski definition) is 1. The minimum absolute atomic E-state index is 0.435. The number of carbonyl (C=O) groups is 1. The number of fused-ring (bicyclic) bond motifs is 2. The van der Waals surface area contributed by atoms with Crippen molar-refractivity contribution in [3.05, 3.63) is 89.6 Å². The molecule has 5 aromatic rings. The highest BCUT2D eigenvalue weighted by Gasteiger charge is 2.14. The van der Waals surface area contributed by atoms with E-state index in [0.29, 0.717) is 39.1 Å². The molecule has 0 aliphatic carbocycles. The van der Waals surface area contributed by atoms with Gasteiger partial charge in [-0.1, -0.05) is 23.7 Å². The Morgan fingerprint density at radius 2 is 1.54 bits per heavy atom. The van der Waals surface area contributed by atoms with Gasteiger partial charge in [-0.05, 0) is 76.5 Å². The normalized spacial score (nSPS) is 10.9. The highest BCUT2D eigenvalue weighted by Crippen LogP contribution is 2.38. The van der Waals surface area contributed by atoms with Crippen LogP contribution in [0, 0.1) is 0 Å². The fourth-order valence-corrected chi connectivity index (χ4v) is 4.21. The predicted molar refractivity (Wildman–Crippen MR) is 138 cm³/mol. The largest absolute Gasteiger partial charge is 0.493 e. The van der Waals surface area contributed by atoms with Crippen molar-refractivity contribution >= 4 is 39.2 Å². The van der Waals surface area contributed by atoms with Crippen molar-refractivity contribution in [3.63, 3.8) is 0 Å². The molecule has 0 fully saturated rings. The van der Waals surface area contributed by atoms with Gasteiger partial charge in [-0.25, -0.2) is 0 Å². The molecule has 1 amide bonds. The standard InChI is InChI=1S/C28H21ClN2O4/c1-33-26-14-23-24(15-27(26)34-2)31-10-9-25(23)35-20-7-8-21-18(12-20)11-17(13-22(21)28(30)32)16-3-5-19(29)6-4-16/h3-15H,1-2H3,(H2,30,32). The van der Waals surface area contributed by atoms with Crippen molar-refractivity contribution in [2.45, 2.75) is 0 Å². The summed E-state index contributed by atoms with van der Waals surface area (Å²) in [5.74, 6) is 1.88. The third kappa shape index (κ3) is 4.32. The van der Waals surface area contributed by atoms with Crippen LogP contribution in [0.2, 0.25) is 5.02 Å². The van der Waals surface area contributed by atoms with Crippen molar-refractivity contribution in [1.29, 1.82) is 0 Å². The van der Waals surface area contributed by atoms with Crippen LogP contribution in [-0.4, -0.2) is 25.1 Å². The first-order valence-corrected chi connectivity index (χ1v) is 11.2. The quantitative estimate of drug-likeness (QED) is 0.293. The van der Waals surface area contributed by atoms with Gasteiger partial charge in [0.1, 0.15) is 11.5 Å². The summed E-state index contributed by atoms with van der Waals surface area (Å²) in [6.45, 7) is 0. The van der Waals surface area contributed by atoms with E-state index in [-0.39, 0.29) is 0 Å². The number of amides is 1. The molecule has 7 heteroatoms. The molecule has 2 N–H and O–H groups in total. The second kappa shape index (κ2) is 9.16. The topological polar surface area (TPSA) is 83.7 Å². The van der Waals surface area contributed by atoms with E-state index in [4.69, 9.17) is 31.5 Å². The number of carbonyl (C=O) groups excluding carboxylic acids is 1. The average molecular weight is 485 g/mol. The molecule has 1 aromatic heterocycles. The van der Waals surface area contributed by atoms with Gasteiger partial charge in [0.15, 0.2) is 11.5 Å². The number of primary amides is 1. The summed E-state index contributed by atoms with van der Waals surface area (Å²) < 4.78 is 17.1. The van der Waals surface area contributed by atoms with Gasteiger partial charge >= 0.3 is 0 Å². The molecule has 0 spiro atoms. The van der Waals surface area contributed by atoms with Crippen molar-refractivity contribution in [3.8, 4) is 34.1 Å². The number of benzene rings is 4. The number of methoxy groups -OCH3 is 2. The van der Waals surface area contributed by atoms with Gasteiger partial charge in [0.25, 0.3) is 0 Å². The molecule has 0 radical (unpaired) electrons. The van der Waals surface area contributed by atoms with Gasteiger partial charge in [-0.3, -0.25) is 9.78 Å². The first kappa shape index (κ1) is 22.5. The molecule has 0 aliphatic rings. The molecule has 0 saturated carbocycles. The lowest BCUT2D eigenvalue weighted by atomic mass is 9.96. The number of rotatable bonds is 6. The average Bonchev–Trinajstić information content (AvgIpc) is 2.87. The van der Waals surface area contributed by atoms with Crippen LogP contribution in [0.25, 0.3) is 32.8 Å². The summed E-state index contributed by atoms with van der Waals surface area (Å²) in [6.07, 6.45) is 1.68. The Morgan fingerprint density at radius 3 is 2.26 bits per heavy atom. The van der Waals surface area contributed by atoms with E-state index in [1.54, 1.807) is 38.6 Å². The molecule has 6 nitrogen and oxygen atoms in total. The maximum Gasteiger partial charge on any atom is 0.249 e. The van der Waals surface area contributed by atoms with Crippen LogP contribution in [-0.2, 0) is 0 Å². The minimum Gasteiger partial charge on any atom is -0.493 e. The van der Waals surface area contributed by atoms with Gasteiger partial charge in [0.2, 0.25) is 5.91 Å². The zero-order valence-electron chi connectivity index (χ0n) is 19.0. The molecule has 4 aromatic carbocycles. The Morgan fingerprint density at radius 1 is 0.800 bits per heavy atom. The summed E-state index contributed by atoms with van der Waals surface area (Å²) in [5, 5.41) is 2.98. The number of nitrogens with two attached hydrogens (primary N) is 1. The van der Waals surface area contributed by atoms with E-state index in [1.165, 1.54) is 0 Å². The second-order valence-electron chi connectivity index (χ2n) is 7.91. The number of hydrogen-bond acceptors (Lipinski definition) is 5. The SMILES string of the molecule is COc1cc2nccc(Oc3ccc4c(C(N)=O)cc(-c5ccc(Cl)cc5)cc4c3)c2cc1OC. The lowest BCUT2D eigenvalue weighted by molar-refractivity contribution is 0.100. The van der Waals surface area contributed by atoms with Gasteiger partial charge in [0, 0.05) is 28.2 Å². The first-order valence-electron chi connectivity index (χ1n) is 10.8. The molecule has 1 heterocycles. The molecular formula is C28H21ClN2O4. The van der Waals surface area contributed by atoms with Crippen LogP contribution in [0.5, 0.6) is 23.0 Å². The van der Waals surface area contributed by atoms with Crippen LogP contribution in [0.1, 0.15) is 10.4 Å². The first-order chi connectivity index (χ1) is 17.0. The smallest absolute Gasteiger partial charge is 0.249 e. The van der Waals surface area contributed by atoms with E-state index in [9.17, 15) is 4.79 Å². The Kier molecular flexibility index (Phi) is 5.89. The molecule has 0 unspecified atom stereocenters. The molecule has 5 rings (SSSR count). The number of halogens is 1.